The zero-order chi connectivity index (χ0) is 14.0. The van der Waals surface area contributed by atoms with Crippen molar-refractivity contribution in [1.29, 1.82) is 0 Å². The van der Waals surface area contributed by atoms with E-state index >= 15 is 0 Å². The third-order valence-corrected chi connectivity index (χ3v) is 4.11. The van der Waals surface area contributed by atoms with Gasteiger partial charge in [0, 0.05) is 19.6 Å². The van der Waals surface area contributed by atoms with Crippen LogP contribution in [-0.4, -0.2) is 49.1 Å². The molecule has 1 aromatic carbocycles. The quantitative estimate of drug-likeness (QED) is 0.790. The van der Waals surface area contributed by atoms with Gasteiger partial charge in [0.1, 0.15) is 0 Å². The predicted molar refractivity (Wildman–Crippen MR) is 85.7 cm³/mol. The second-order valence-corrected chi connectivity index (χ2v) is 5.81. The van der Waals surface area contributed by atoms with Crippen molar-refractivity contribution in [3.05, 3.63) is 35.9 Å². The number of nitrogens with two attached hydrogens (primary N) is 1. The van der Waals surface area contributed by atoms with E-state index in [4.69, 9.17) is 5.73 Å². The summed E-state index contributed by atoms with van der Waals surface area (Å²) in [6, 6.07) is 10.8. The number of hydrogen-bond donors (Lipinski definition) is 1. The van der Waals surface area contributed by atoms with E-state index in [-0.39, 0.29) is 0 Å². The smallest absolute Gasteiger partial charge is 0.0234 e. The van der Waals surface area contributed by atoms with Crippen LogP contribution in [0.2, 0.25) is 0 Å². The highest BCUT2D eigenvalue weighted by Crippen LogP contribution is 2.10. The van der Waals surface area contributed by atoms with Gasteiger partial charge < -0.3 is 10.6 Å². The first kappa shape index (κ1) is 15.5. The summed E-state index contributed by atoms with van der Waals surface area (Å²) in [5.74, 6) is 0. The lowest BCUT2D eigenvalue weighted by molar-refractivity contribution is 0.177. The van der Waals surface area contributed by atoms with Crippen molar-refractivity contribution in [1.82, 2.24) is 9.80 Å². The average Bonchev–Trinajstić information content (AvgIpc) is 2.52. The molecule has 1 heterocycles. The van der Waals surface area contributed by atoms with Crippen LogP contribution in [0.4, 0.5) is 0 Å². The first-order valence-corrected chi connectivity index (χ1v) is 8.07. The fourth-order valence-corrected chi connectivity index (χ4v) is 2.89. The molecule has 0 aliphatic carbocycles. The molecule has 0 saturated carbocycles. The third kappa shape index (κ3) is 5.61. The lowest BCUT2D eigenvalue weighted by atomic mass is 10.1. The van der Waals surface area contributed by atoms with Gasteiger partial charge in [-0.05, 0) is 51.0 Å². The van der Waals surface area contributed by atoms with E-state index in [1.54, 1.807) is 0 Å². The molecule has 1 aliphatic heterocycles. The maximum Gasteiger partial charge on any atom is 0.0234 e. The van der Waals surface area contributed by atoms with Crippen molar-refractivity contribution >= 4 is 0 Å². The number of benzene rings is 1. The van der Waals surface area contributed by atoms with Crippen LogP contribution in [0.3, 0.4) is 0 Å². The molecule has 1 aromatic rings. The van der Waals surface area contributed by atoms with Gasteiger partial charge in [0.15, 0.2) is 0 Å². The minimum atomic E-state index is 0.787. The van der Waals surface area contributed by atoms with Gasteiger partial charge in [-0.1, -0.05) is 36.8 Å². The third-order valence-electron chi connectivity index (χ3n) is 4.11. The Bertz CT molecular complexity index is 347. The van der Waals surface area contributed by atoms with Crippen LogP contribution in [-0.2, 0) is 6.54 Å². The standard InChI is InChI=1S/C17H29N3/c18-10-7-13-20(16-17-8-3-1-4-9-17)15-14-19-11-5-2-6-12-19/h1,3-4,8-9H,2,5-7,10-16,18H2. The Hall–Kier alpha value is -0.900. The molecule has 0 radical (unpaired) electrons. The van der Waals surface area contributed by atoms with Crippen molar-refractivity contribution < 1.29 is 0 Å². The van der Waals surface area contributed by atoms with E-state index in [0.717, 1.165) is 32.6 Å². The van der Waals surface area contributed by atoms with Crippen LogP contribution in [0.1, 0.15) is 31.2 Å². The van der Waals surface area contributed by atoms with Gasteiger partial charge in [-0.25, -0.2) is 0 Å². The van der Waals surface area contributed by atoms with Gasteiger partial charge in [0.2, 0.25) is 0 Å². The van der Waals surface area contributed by atoms with E-state index in [0.29, 0.717) is 0 Å². The molecule has 1 saturated heterocycles. The summed E-state index contributed by atoms with van der Waals surface area (Å²) < 4.78 is 0. The van der Waals surface area contributed by atoms with Gasteiger partial charge in [0.25, 0.3) is 0 Å². The number of likely N-dealkylation sites (tertiary alicyclic amines) is 1. The molecule has 1 fully saturated rings. The van der Waals surface area contributed by atoms with Crippen LogP contribution in [0.5, 0.6) is 0 Å². The molecule has 2 N–H and O–H groups in total. The summed E-state index contributed by atoms with van der Waals surface area (Å²) in [7, 11) is 0. The predicted octanol–water partition coefficient (Wildman–Crippen LogP) is 2.32. The highest BCUT2D eigenvalue weighted by Gasteiger charge is 2.12. The Kier molecular flexibility index (Phi) is 7.06. The van der Waals surface area contributed by atoms with Gasteiger partial charge in [-0.3, -0.25) is 4.90 Å². The van der Waals surface area contributed by atoms with E-state index < -0.39 is 0 Å². The summed E-state index contributed by atoms with van der Waals surface area (Å²) in [6.45, 7) is 7.89. The number of nitrogens with zero attached hydrogens (tertiary/aromatic N) is 2. The zero-order valence-corrected chi connectivity index (χ0v) is 12.6. The molecule has 0 spiro atoms. The SMILES string of the molecule is NCCCN(CCN1CCCCC1)Cc1ccccc1. The Balaban J connectivity index is 1.79. The molecule has 112 valence electrons. The molecule has 0 amide bonds. The minimum absolute atomic E-state index is 0.787. The fraction of sp³-hybridized carbons (Fsp3) is 0.647. The first-order chi connectivity index (χ1) is 9.88. The monoisotopic (exact) mass is 275 g/mol. The van der Waals surface area contributed by atoms with Crippen LogP contribution in [0.15, 0.2) is 30.3 Å². The van der Waals surface area contributed by atoms with Crippen LogP contribution in [0, 0.1) is 0 Å². The summed E-state index contributed by atoms with van der Waals surface area (Å²) in [4.78, 5) is 5.17. The van der Waals surface area contributed by atoms with Crippen molar-refractivity contribution in [3.63, 3.8) is 0 Å². The Labute approximate surface area is 123 Å². The molecule has 3 heteroatoms. The molecule has 0 aromatic heterocycles. The fourth-order valence-electron chi connectivity index (χ4n) is 2.89. The van der Waals surface area contributed by atoms with E-state index in [1.807, 2.05) is 0 Å². The molecule has 0 bridgehead atoms. The van der Waals surface area contributed by atoms with Crippen molar-refractivity contribution in [3.8, 4) is 0 Å². The zero-order valence-electron chi connectivity index (χ0n) is 12.6. The van der Waals surface area contributed by atoms with E-state index in [2.05, 4.69) is 40.1 Å². The van der Waals surface area contributed by atoms with Crippen molar-refractivity contribution in [2.24, 2.45) is 5.73 Å². The minimum Gasteiger partial charge on any atom is -0.330 e. The second-order valence-electron chi connectivity index (χ2n) is 5.81. The molecular formula is C17H29N3. The molecule has 0 unspecified atom stereocenters. The number of rotatable bonds is 8. The van der Waals surface area contributed by atoms with Crippen LogP contribution >= 0.6 is 0 Å². The first-order valence-electron chi connectivity index (χ1n) is 8.07. The normalized spacial score (nSPS) is 16.7. The maximum atomic E-state index is 5.67. The van der Waals surface area contributed by atoms with Gasteiger partial charge in [0.05, 0.1) is 0 Å². The Morgan fingerprint density at radius 3 is 2.45 bits per heavy atom. The largest absolute Gasteiger partial charge is 0.330 e. The molecule has 1 aliphatic rings. The molecule has 3 nitrogen and oxygen atoms in total. The summed E-state index contributed by atoms with van der Waals surface area (Å²) >= 11 is 0. The number of piperidine rings is 1. The van der Waals surface area contributed by atoms with Gasteiger partial charge in [-0.15, -0.1) is 0 Å². The molecule has 0 atom stereocenters. The van der Waals surface area contributed by atoms with E-state index in [9.17, 15) is 0 Å². The van der Waals surface area contributed by atoms with E-state index in [1.165, 1.54) is 44.5 Å². The summed E-state index contributed by atoms with van der Waals surface area (Å²) in [5.41, 5.74) is 7.08. The lowest BCUT2D eigenvalue weighted by Crippen LogP contribution is -2.38. The van der Waals surface area contributed by atoms with Crippen molar-refractivity contribution in [2.45, 2.75) is 32.2 Å². The summed E-state index contributed by atoms with van der Waals surface area (Å²) in [5, 5.41) is 0. The van der Waals surface area contributed by atoms with Gasteiger partial charge in [-0.2, -0.15) is 0 Å². The lowest BCUT2D eigenvalue weighted by Gasteiger charge is -2.30. The number of hydrogen-bond acceptors (Lipinski definition) is 3. The second kappa shape index (κ2) is 9.11. The highest BCUT2D eigenvalue weighted by molar-refractivity contribution is 5.14. The maximum absolute atomic E-state index is 5.67. The van der Waals surface area contributed by atoms with Crippen LogP contribution in [0.25, 0.3) is 0 Å². The van der Waals surface area contributed by atoms with Crippen molar-refractivity contribution in [2.75, 3.05) is 39.3 Å². The van der Waals surface area contributed by atoms with Gasteiger partial charge >= 0.3 is 0 Å². The van der Waals surface area contributed by atoms with Crippen LogP contribution < -0.4 is 5.73 Å². The molecular weight excluding hydrogens is 246 g/mol. The summed E-state index contributed by atoms with van der Waals surface area (Å²) in [6.07, 6.45) is 5.26. The molecule has 20 heavy (non-hydrogen) atoms. The average molecular weight is 275 g/mol. The highest BCUT2D eigenvalue weighted by atomic mass is 15.2. The topological polar surface area (TPSA) is 32.5 Å². The Morgan fingerprint density at radius 1 is 1.00 bits per heavy atom. The Morgan fingerprint density at radius 2 is 1.75 bits per heavy atom. The molecule has 2 rings (SSSR count).